The van der Waals surface area contributed by atoms with Crippen LogP contribution >= 0.6 is 11.6 Å². The Kier molecular flexibility index (Phi) is 4.71. The maximum Gasteiger partial charge on any atom is 0.270 e. The molecule has 0 aliphatic carbocycles. The molecule has 2 aliphatic rings. The highest BCUT2D eigenvalue weighted by atomic mass is 35.5. The molecule has 1 atom stereocenters. The largest absolute Gasteiger partial charge is 0.381 e. The number of hydrogen-bond acceptors (Lipinski definition) is 4. The van der Waals surface area contributed by atoms with Crippen molar-refractivity contribution in [2.45, 2.75) is 19.5 Å². The molecule has 1 saturated heterocycles. The lowest BCUT2D eigenvalue weighted by Gasteiger charge is -2.27. The summed E-state index contributed by atoms with van der Waals surface area (Å²) in [6, 6.07) is 5.96. The van der Waals surface area contributed by atoms with Crippen LogP contribution in [0.25, 0.3) is 10.9 Å². The molecule has 2 N–H and O–H groups in total. The van der Waals surface area contributed by atoms with E-state index in [1.54, 1.807) is 21.7 Å². The molecule has 30 heavy (non-hydrogen) atoms. The van der Waals surface area contributed by atoms with Crippen molar-refractivity contribution in [3.05, 3.63) is 46.5 Å². The number of amides is 2. The van der Waals surface area contributed by atoms with Gasteiger partial charge in [-0.25, -0.2) is 4.39 Å². The molecule has 0 bridgehead atoms. The van der Waals surface area contributed by atoms with Crippen LogP contribution in [0.2, 0.25) is 5.02 Å². The number of rotatable bonds is 3. The van der Waals surface area contributed by atoms with Crippen LogP contribution in [0.4, 0.5) is 10.2 Å². The Hall–Kier alpha value is -2.91. The summed E-state index contributed by atoms with van der Waals surface area (Å²) in [6.45, 7) is 2.36. The average molecular weight is 432 g/mol. The number of ether oxygens (including phenoxy) is 1. The van der Waals surface area contributed by atoms with Crippen molar-refractivity contribution in [2.75, 3.05) is 25.1 Å². The Bertz CT molecular complexity index is 1150. The molecule has 2 aliphatic heterocycles. The standard InChI is InChI=1S/C20H19ClFN5O3/c21-15-5-12(22)6-16-14(15)8-17(23-16)20(29)26-2-3-27-13(9-26)7-18(25-27)24-19(28)11-1-4-30-10-11/h5-8,11,23H,1-4,9-10H2,(H,24,25,28). The highest BCUT2D eigenvalue weighted by molar-refractivity contribution is 6.35. The molecule has 0 radical (unpaired) electrons. The molecule has 10 heteroatoms. The SMILES string of the molecule is O=C(Nc1cc2n(n1)CCN(C(=O)c1cc3c(Cl)cc(F)cc3[nH]1)C2)C1CCOC1. The summed E-state index contributed by atoms with van der Waals surface area (Å²) in [7, 11) is 0. The number of carbonyl (C=O) groups excluding carboxylic acids is 2. The molecule has 2 aromatic heterocycles. The minimum Gasteiger partial charge on any atom is -0.381 e. The van der Waals surface area contributed by atoms with Gasteiger partial charge >= 0.3 is 0 Å². The van der Waals surface area contributed by atoms with Crippen molar-refractivity contribution in [1.29, 1.82) is 0 Å². The van der Waals surface area contributed by atoms with Crippen molar-refractivity contribution in [3.8, 4) is 0 Å². The van der Waals surface area contributed by atoms with E-state index in [1.165, 1.54) is 12.1 Å². The van der Waals surface area contributed by atoms with Crippen LogP contribution in [0.1, 0.15) is 22.6 Å². The monoisotopic (exact) mass is 431 g/mol. The van der Waals surface area contributed by atoms with E-state index < -0.39 is 5.82 Å². The van der Waals surface area contributed by atoms with Gasteiger partial charge in [-0.05, 0) is 24.6 Å². The molecule has 5 rings (SSSR count). The third-order valence-electron chi connectivity index (χ3n) is 5.52. The van der Waals surface area contributed by atoms with Crippen LogP contribution in [0, 0.1) is 11.7 Å². The van der Waals surface area contributed by atoms with Crippen molar-refractivity contribution in [1.82, 2.24) is 19.7 Å². The predicted molar refractivity (Wildman–Crippen MR) is 108 cm³/mol. The fourth-order valence-corrected chi connectivity index (χ4v) is 4.18. The van der Waals surface area contributed by atoms with Crippen LogP contribution in [0.3, 0.4) is 0 Å². The maximum atomic E-state index is 13.6. The normalized spacial score (nSPS) is 18.6. The second-order valence-electron chi connectivity index (χ2n) is 7.55. The summed E-state index contributed by atoms with van der Waals surface area (Å²) in [6.07, 6.45) is 0.708. The fourth-order valence-electron chi connectivity index (χ4n) is 3.92. The van der Waals surface area contributed by atoms with E-state index in [0.717, 1.165) is 5.69 Å². The zero-order chi connectivity index (χ0) is 20.8. The van der Waals surface area contributed by atoms with E-state index >= 15 is 0 Å². The number of aromatic amines is 1. The van der Waals surface area contributed by atoms with E-state index in [9.17, 15) is 14.0 Å². The second-order valence-corrected chi connectivity index (χ2v) is 7.96. The highest BCUT2D eigenvalue weighted by Crippen LogP contribution is 2.27. The lowest BCUT2D eigenvalue weighted by Crippen LogP contribution is -2.38. The van der Waals surface area contributed by atoms with Gasteiger partial charge in [0, 0.05) is 24.6 Å². The second kappa shape index (κ2) is 7.41. The summed E-state index contributed by atoms with van der Waals surface area (Å²) in [5, 5.41) is 8.12. The van der Waals surface area contributed by atoms with Crippen LogP contribution in [0.5, 0.6) is 0 Å². The molecule has 156 valence electrons. The topological polar surface area (TPSA) is 92.3 Å². The lowest BCUT2D eigenvalue weighted by atomic mass is 10.1. The van der Waals surface area contributed by atoms with Gasteiger partial charge in [-0.3, -0.25) is 14.3 Å². The first kappa shape index (κ1) is 19.1. The van der Waals surface area contributed by atoms with Crippen LogP contribution in [0.15, 0.2) is 24.3 Å². The van der Waals surface area contributed by atoms with E-state index in [-0.39, 0.29) is 22.8 Å². The number of hydrogen-bond donors (Lipinski definition) is 2. The third kappa shape index (κ3) is 3.44. The van der Waals surface area contributed by atoms with Crippen molar-refractivity contribution in [3.63, 3.8) is 0 Å². The zero-order valence-corrected chi connectivity index (χ0v) is 16.7. The molecular weight excluding hydrogens is 413 g/mol. The molecule has 8 nitrogen and oxygen atoms in total. The van der Waals surface area contributed by atoms with Gasteiger partial charge in [-0.2, -0.15) is 5.10 Å². The Labute approximate surface area is 175 Å². The van der Waals surface area contributed by atoms with Gasteiger partial charge in [0.25, 0.3) is 5.91 Å². The summed E-state index contributed by atoms with van der Waals surface area (Å²) < 4.78 is 20.6. The first-order valence-corrected chi connectivity index (χ1v) is 10.1. The summed E-state index contributed by atoms with van der Waals surface area (Å²) in [4.78, 5) is 29.9. The van der Waals surface area contributed by atoms with Crippen molar-refractivity contribution >= 4 is 40.1 Å². The predicted octanol–water partition coefficient (Wildman–Crippen LogP) is 2.79. The number of nitrogens with one attached hydrogen (secondary N) is 2. The minimum atomic E-state index is -0.464. The molecule has 0 spiro atoms. The first-order chi connectivity index (χ1) is 14.5. The molecule has 4 heterocycles. The Balaban J connectivity index is 1.31. The fraction of sp³-hybridized carbons (Fsp3) is 0.350. The minimum absolute atomic E-state index is 0.0990. The summed E-state index contributed by atoms with van der Waals surface area (Å²) in [5.74, 6) is -0.444. The Morgan fingerprint density at radius 1 is 1.27 bits per heavy atom. The van der Waals surface area contributed by atoms with E-state index in [4.69, 9.17) is 16.3 Å². The molecule has 1 aromatic carbocycles. The van der Waals surface area contributed by atoms with Gasteiger partial charge in [-0.1, -0.05) is 11.6 Å². The van der Waals surface area contributed by atoms with Gasteiger partial charge in [0.15, 0.2) is 5.82 Å². The molecule has 1 fully saturated rings. The van der Waals surface area contributed by atoms with Crippen molar-refractivity contribution < 1.29 is 18.7 Å². The van der Waals surface area contributed by atoms with Gasteiger partial charge in [0.2, 0.25) is 5.91 Å². The number of benzene rings is 1. The number of H-pyrrole nitrogens is 1. The van der Waals surface area contributed by atoms with Crippen LogP contribution < -0.4 is 5.32 Å². The van der Waals surface area contributed by atoms with Gasteiger partial charge in [-0.15, -0.1) is 0 Å². The summed E-state index contributed by atoms with van der Waals surface area (Å²) in [5.41, 5.74) is 1.65. The van der Waals surface area contributed by atoms with E-state index in [1.807, 2.05) is 0 Å². The molecule has 3 aromatic rings. The summed E-state index contributed by atoms with van der Waals surface area (Å²) >= 11 is 6.09. The number of nitrogens with zero attached hydrogens (tertiary/aromatic N) is 3. The van der Waals surface area contributed by atoms with Gasteiger partial charge in [0.05, 0.1) is 41.8 Å². The van der Waals surface area contributed by atoms with E-state index in [2.05, 4.69) is 15.4 Å². The average Bonchev–Trinajstić information content (AvgIpc) is 3.45. The quantitative estimate of drug-likeness (QED) is 0.667. The molecule has 2 amide bonds. The third-order valence-corrected chi connectivity index (χ3v) is 5.83. The number of carbonyl (C=O) groups is 2. The van der Waals surface area contributed by atoms with Gasteiger partial charge < -0.3 is 19.9 Å². The smallest absolute Gasteiger partial charge is 0.270 e. The number of anilines is 1. The Morgan fingerprint density at radius 3 is 2.93 bits per heavy atom. The Morgan fingerprint density at radius 2 is 2.13 bits per heavy atom. The number of fused-ring (bicyclic) bond motifs is 2. The molecule has 1 unspecified atom stereocenters. The highest BCUT2D eigenvalue weighted by Gasteiger charge is 2.27. The van der Waals surface area contributed by atoms with Crippen molar-refractivity contribution in [2.24, 2.45) is 5.92 Å². The van der Waals surface area contributed by atoms with E-state index in [0.29, 0.717) is 61.7 Å². The maximum absolute atomic E-state index is 13.6. The van der Waals surface area contributed by atoms with Crippen LogP contribution in [-0.4, -0.2) is 51.2 Å². The molecule has 0 saturated carbocycles. The number of aromatic nitrogens is 3. The van der Waals surface area contributed by atoms with Gasteiger partial charge in [0.1, 0.15) is 11.5 Å². The molecular formula is C20H19ClFN5O3. The number of halogens is 2. The zero-order valence-electron chi connectivity index (χ0n) is 16.0. The van der Waals surface area contributed by atoms with Crippen LogP contribution in [-0.2, 0) is 22.6 Å². The first-order valence-electron chi connectivity index (χ1n) is 9.70. The lowest BCUT2D eigenvalue weighted by molar-refractivity contribution is -0.119.